The summed E-state index contributed by atoms with van der Waals surface area (Å²) in [5.41, 5.74) is 0.118. The van der Waals surface area contributed by atoms with Crippen LogP contribution in [0.3, 0.4) is 0 Å². The first-order chi connectivity index (χ1) is 12.3. The van der Waals surface area contributed by atoms with E-state index >= 15 is 0 Å². The first-order valence-electron chi connectivity index (χ1n) is 10.9. The van der Waals surface area contributed by atoms with E-state index in [-0.39, 0.29) is 35.2 Å². The van der Waals surface area contributed by atoms with Crippen molar-refractivity contribution in [1.82, 2.24) is 0 Å². The first-order valence-corrected chi connectivity index (χ1v) is 10.9. The Hall–Kier alpha value is -0.450. The van der Waals surface area contributed by atoms with Crippen molar-refractivity contribution in [3.63, 3.8) is 0 Å². The molecule has 3 N–H and O–H groups in total. The van der Waals surface area contributed by atoms with Gasteiger partial charge >= 0.3 is 0 Å². The van der Waals surface area contributed by atoms with E-state index in [1.165, 1.54) is 6.42 Å². The Morgan fingerprint density at radius 2 is 1.58 bits per heavy atom. The number of ketones is 1. The fourth-order valence-electron chi connectivity index (χ4n) is 5.05. The predicted molar refractivity (Wildman–Crippen MR) is 104 cm³/mol. The van der Waals surface area contributed by atoms with Crippen LogP contribution in [0.15, 0.2) is 0 Å². The van der Waals surface area contributed by atoms with Crippen molar-refractivity contribution in [1.29, 1.82) is 0 Å². The molecule has 152 valence electrons. The molecule has 2 rings (SSSR count). The van der Waals surface area contributed by atoms with Crippen molar-refractivity contribution in [2.45, 2.75) is 116 Å². The molecule has 4 heteroatoms. The van der Waals surface area contributed by atoms with Gasteiger partial charge in [0, 0.05) is 6.42 Å². The number of carbonyl (C=O) groups excluding carboxylic acids is 1. The third-order valence-electron chi connectivity index (χ3n) is 7.15. The van der Waals surface area contributed by atoms with Crippen LogP contribution in [-0.4, -0.2) is 39.4 Å². The average molecular weight is 369 g/mol. The molecule has 2 fully saturated rings. The minimum atomic E-state index is -0.399. The summed E-state index contributed by atoms with van der Waals surface area (Å²) in [5.74, 6) is 0.621. The summed E-state index contributed by atoms with van der Waals surface area (Å²) in [5, 5.41) is 31.1. The third kappa shape index (κ3) is 6.03. The molecule has 0 spiro atoms. The van der Waals surface area contributed by atoms with Gasteiger partial charge in [-0.05, 0) is 69.1 Å². The number of carbonyl (C=O) groups is 1. The Morgan fingerprint density at radius 1 is 1.00 bits per heavy atom. The summed E-state index contributed by atoms with van der Waals surface area (Å²) in [6.45, 7) is 3.83. The largest absolute Gasteiger partial charge is 0.393 e. The Kier molecular flexibility index (Phi) is 8.56. The van der Waals surface area contributed by atoms with Gasteiger partial charge in [-0.2, -0.15) is 0 Å². The zero-order valence-corrected chi connectivity index (χ0v) is 16.8. The Balaban J connectivity index is 1.68. The van der Waals surface area contributed by atoms with Crippen LogP contribution >= 0.6 is 0 Å². The highest BCUT2D eigenvalue weighted by molar-refractivity contribution is 5.75. The van der Waals surface area contributed by atoms with Gasteiger partial charge in [-0.3, -0.25) is 0 Å². The molecule has 0 saturated heterocycles. The van der Waals surface area contributed by atoms with Crippen molar-refractivity contribution >= 4 is 5.78 Å². The standard InChI is InChI=1S/C22H40O4/c1-16(23)9-5-3-4-6-10-17-18(20(25)15-19(17)24)11-7-12-21(26)22(2)13-8-14-22/h17-21,24-26H,3-15H2,1-2H3/t17-,18-,19?,20?,21?/m1/s1. The summed E-state index contributed by atoms with van der Waals surface area (Å²) < 4.78 is 0. The highest BCUT2D eigenvalue weighted by Crippen LogP contribution is 2.45. The number of hydrogen-bond donors (Lipinski definition) is 3. The number of rotatable bonds is 12. The van der Waals surface area contributed by atoms with Gasteiger partial charge in [0.05, 0.1) is 18.3 Å². The topological polar surface area (TPSA) is 77.8 Å². The SMILES string of the molecule is CC(=O)CCCCCC[C@H]1C(O)CC(O)[C@@H]1CCCC(O)C1(C)CCC1. The van der Waals surface area contributed by atoms with E-state index < -0.39 is 6.10 Å². The highest BCUT2D eigenvalue weighted by Gasteiger charge is 2.42. The second kappa shape index (κ2) is 10.2. The molecule has 0 amide bonds. The molecule has 0 aromatic carbocycles. The molecule has 2 saturated carbocycles. The first kappa shape index (κ1) is 21.8. The van der Waals surface area contributed by atoms with Crippen LogP contribution in [0.5, 0.6) is 0 Å². The van der Waals surface area contributed by atoms with Gasteiger partial charge in [0.1, 0.15) is 5.78 Å². The number of aliphatic hydroxyl groups is 3. The minimum Gasteiger partial charge on any atom is -0.393 e. The van der Waals surface area contributed by atoms with E-state index in [4.69, 9.17) is 0 Å². The monoisotopic (exact) mass is 368 g/mol. The van der Waals surface area contributed by atoms with Crippen LogP contribution in [0.25, 0.3) is 0 Å². The van der Waals surface area contributed by atoms with Gasteiger partial charge in [0.15, 0.2) is 0 Å². The molecular formula is C22H40O4. The summed E-state index contributed by atoms with van der Waals surface area (Å²) in [6, 6.07) is 0. The van der Waals surface area contributed by atoms with Gasteiger partial charge < -0.3 is 20.1 Å². The number of Topliss-reactive ketones (excluding diaryl/α,β-unsaturated/α-hetero) is 1. The van der Waals surface area contributed by atoms with Crippen LogP contribution in [0.4, 0.5) is 0 Å². The normalized spacial score (nSPS) is 31.6. The van der Waals surface area contributed by atoms with Crippen LogP contribution in [0, 0.1) is 17.3 Å². The van der Waals surface area contributed by atoms with Crippen molar-refractivity contribution < 1.29 is 20.1 Å². The lowest BCUT2D eigenvalue weighted by molar-refractivity contribution is -0.117. The summed E-state index contributed by atoms with van der Waals surface area (Å²) in [4.78, 5) is 11.0. The maximum atomic E-state index is 11.0. The molecule has 2 aliphatic carbocycles. The van der Waals surface area contributed by atoms with E-state index in [1.807, 2.05) is 0 Å². The number of hydrogen-bond acceptors (Lipinski definition) is 4. The minimum absolute atomic E-state index is 0.118. The Bertz CT molecular complexity index is 432. The highest BCUT2D eigenvalue weighted by atomic mass is 16.3. The summed E-state index contributed by atoms with van der Waals surface area (Å²) >= 11 is 0. The van der Waals surface area contributed by atoms with Gasteiger partial charge in [0.2, 0.25) is 0 Å². The molecule has 3 unspecified atom stereocenters. The van der Waals surface area contributed by atoms with E-state index in [2.05, 4.69) is 6.92 Å². The van der Waals surface area contributed by atoms with E-state index in [9.17, 15) is 20.1 Å². The second-order valence-electron chi connectivity index (χ2n) is 9.31. The lowest BCUT2D eigenvalue weighted by Gasteiger charge is -2.42. The molecule has 0 aromatic rings. The lowest BCUT2D eigenvalue weighted by atomic mass is 9.65. The van der Waals surface area contributed by atoms with Crippen molar-refractivity contribution in [3.05, 3.63) is 0 Å². The van der Waals surface area contributed by atoms with Crippen LogP contribution in [0.1, 0.15) is 97.3 Å². The lowest BCUT2D eigenvalue weighted by Crippen LogP contribution is -2.38. The smallest absolute Gasteiger partial charge is 0.129 e. The van der Waals surface area contributed by atoms with E-state index in [0.717, 1.165) is 64.2 Å². The van der Waals surface area contributed by atoms with E-state index in [0.29, 0.717) is 12.8 Å². The van der Waals surface area contributed by atoms with Gasteiger partial charge in [0.25, 0.3) is 0 Å². The predicted octanol–water partition coefficient (Wildman–Crippen LogP) is 4.00. The maximum Gasteiger partial charge on any atom is 0.129 e. The molecule has 0 heterocycles. The Morgan fingerprint density at radius 3 is 2.12 bits per heavy atom. The number of unbranched alkanes of at least 4 members (excludes halogenated alkanes) is 3. The third-order valence-corrected chi connectivity index (χ3v) is 7.15. The molecule has 5 atom stereocenters. The molecule has 26 heavy (non-hydrogen) atoms. The molecule has 0 bridgehead atoms. The van der Waals surface area contributed by atoms with Gasteiger partial charge in [-0.1, -0.05) is 39.0 Å². The van der Waals surface area contributed by atoms with Crippen LogP contribution in [-0.2, 0) is 4.79 Å². The van der Waals surface area contributed by atoms with Crippen molar-refractivity contribution in [3.8, 4) is 0 Å². The van der Waals surface area contributed by atoms with E-state index in [1.54, 1.807) is 6.92 Å². The van der Waals surface area contributed by atoms with Gasteiger partial charge in [-0.25, -0.2) is 0 Å². The molecule has 0 radical (unpaired) electrons. The van der Waals surface area contributed by atoms with Crippen LogP contribution < -0.4 is 0 Å². The molecule has 0 aromatic heterocycles. The average Bonchev–Trinajstić information content (AvgIpc) is 2.81. The quantitative estimate of drug-likeness (QED) is 0.455. The summed E-state index contributed by atoms with van der Waals surface area (Å²) in [7, 11) is 0. The molecule has 2 aliphatic rings. The second-order valence-corrected chi connectivity index (χ2v) is 9.31. The number of aliphatic hydroxyl groups excluding tert-OH is 3. The fourth-order valence-corrected chi connectivity index (χ4v) is 5.05. The van der Waals surface area contributed by atoms with Crippen LogP contribution in [0.2, 0.25) is 0 Å². The molecule has 4 nitrogen and oxygen atoms in total. The summed E-state index contributed by atoms with van der Waals surface area (Å²) in [6.07, 6.45) is 11.5. The van der Waals surface area contributed by atoms with Crippen molar-refractivity contribution in [2.75, 3.05) is 0 Å². The van der Waals surface area contributed by atoms with Crippen molar-refractivity contribution in [2.24, 2.45) is 17.3 Å². The van der Waals surface area contributed by atoms with Gasteiger partial charge in [-0.15, -0.1) is 0 Å². The zero-order valence-electron chi connectivity index (χ0n) is 16.8. The molecular weight excluding hydrogens is 328 g/mol. The fraction of sp³-hybridized carbons (Fsp3) is 0.955. The Labute approximate surface area is 159 Å². The molecule has 0 aliphatic heterocycles. The zero-order chi connectivity index (χ0) is 19.2. The maximum absolute atomic E-state index is 11.0.